The molecule has 1 heteroatoms. The maximum Gasteiger partial charge on any atom is 0.0224 e. The topological polar surface area (TPSA) is 0 Å². The molecule has 0 radical (unpaired) electrons. The molecule has 0 saturated carbocycles. The Bertz CT molecular complexity index is 739. The number of rotatable bonds is 5. The Morgan fingerprint density at radius 2 is 1.48 bits per heavy atom. The van der Waals surface area contributed by atoms with Crippen LogP contribution in [0.1, 0.15) is 24.0 Å². The quantitative estimate of drug-likeness (QED) is 0.436. The minimum Gasteiger partial charge on any atom is -0.0843 e. The predicted octanol–water partition coefficient (Wildman–Crippen LogP) is 5.58. The number of benzene rings is 3. The predicted molar refractivity (Wildman–Crippen MR) is 95.0 cm³/mol. The number of thiocarbonyl (C=S) groups is 1. The zero-order valence-corrected chi connectivity index (χ0v) is 12.8. The molecule has 0 aliphatic carbocycles. The van der Waals surface area contributed by atoms with Crippen molar-refractivity contribution < 1.29 is 0 Å². The second kappa shape index (κ2) is 6.64. The summed E-state index contributed by atoms with van der Waals surface area (Å²) in [6, 6.07) is 25.5. The van der Waals surface area contributed by atoms with E-state index in [0.717, 1.165) is 24.1 Å². The van der Waals surface area contributed by atoms with Crippen LogP contribution in [0.5, 0.6) is 0 Å². The SMILES string of the molecule is S=C(CCCc1cccc2ccccc12)c1ccccc1. The van der Waals surface area contributed by atoms with Gasteiger partial charge in [0.25, 0.3) is 0 Å². The van der Waals surface area contributed by atoms with Crippen molar-refractivity contribution in [1.82, 2.24) is 0 Å². The summed E-state index contributed by atoms with van der Waals surface area (Å²) in [5.41, 5.74) is 2.61. The summed E-state index contributed by atoms with van der Waals surface area (Å²) in [7, 11) is 0. The van der Waals surface area contributed by atoms with Crippen LogP contribution >= 0.6 is 12.2 Å². The Morgan fingerprint density at radius 1 is 0.762 bits per heavy atom. The highest BCUT2D eigenvalue weighted by Crippen LogP contribution is 2.20. The molecule has 0 saturated heterocycles. The molecule has 0 aliphatic rings. The molecule has 3 aromatic carbocycles. The molecule has 0 aromatic heterocycles. The molecule has 0 bridgehead atoms. The Labute approximate surface area is 131 Å². The lowest BCUT2D eigenvalue weighted by atomic mass is 9.99. The van der Waals surface area contributed by atoms with Crippen molar-refractivity contribution in [3.05, 3.63) is 83.9 Å². The van der Waals surface area contributed by atoms with Gasteiger partial charge >= 0.3 is 0 Å². The Balaban J connectivity index is 1.66. The summed E-state index contributed by atoms with van der Waals surface area (Å²) in [5.74, 6) is 0. The lowest BCUT2D eigenvalue weighted by Crippen LogP contribution is -1.98. The summed E-state index contributed by atoms with van der Waals surface area (Å²) >= 11 is 5.53. The van der Waals surface area contributed by atoms with Crippen LogP contribution < -0.4 is 0 Å². The Kier molecular flexibility index (Phi) is 4.42. The number of hydrogen-bond acceptors (Lipinski definition) is 1. The van der Waals surface area contributed by atoms with Gasteiger partial charge in [0.1, 0.15) is 0 Å². The van der Waals surface area contributed by atoms with E-state index in [-0.39, 0.29) is 0 Å². The average Bonchev–Trinajstić information content (AvgIpc) is 2.56. The van der Waals surface area contributed by atoms with E-state index in [9.17, 15) is 0 Å². The van der Waals surface area contributed by atoms with Crippen LogP contribution in [-0.4, -0.2) is 4.86 Å². The summed E-state index contributed by atoms with van der Waals surface area (Å²) in [6.07, 6.45) is 3.15. The van der Waals surface area contributed by atoms with Gasteiger partial charge in [-0.15, -0.1) is 0 Å². The highest BCUT2D eigenvalue weighted by atomic mass is 32.1. The Morgan fingerprint density at radius 3 is 2.33 bits per heavy atom. The van der Waals surface area contributed by atoms with Crippen molar-refractivity contribution in [2.75, 3.05) is 0 Å². The first-order chi connectivity index (χ1) is 10.3. The first kappa shape index (κ1) is 14.0. The molecule has 3 rings (SSSR count). The van der Waals surface area contributed by atoms with Gasteiger partial charge in [-0.3, -0.25) is 0 Å². The summed E-state index contributed by atoms with van der Waals surface area (Å²) in [5, 5.41) is 2.69. The van der Waals surface area contributed by atoms with E-state index in [2.05, 4.69) is 54.6 Å². The van der Waals surface area contributed by atoms with Gasteiger partial charge in [-0.1, -0.05) is 85.0 Å². The Hall–Kier alpha value is -1.99. The van der Waals surface area contributed by atoms with Gasteiger partial charge in [-0.25, -0.2) is 0 Å². The molecule has 0 atom stereocenters. The fourth-order valence-electron chi connectivity index (χ4n) is 2.72. The number of aryl methyl sites for hydroxylation is 1. The number of hydrogen-bond donors (Lipinski definition) is 0. The second-order valence-corrected chi connectivity index (χ2v) is 5.77. The van der Waals surface area contributed by atoms with E-state index in [1.807, 2.05) is 18.2 Å². The molecule has 0 spiro atoms. The molecule has 104 valence electrons. The van der Waals surface area contributed by atoms with Crippen LogP contribution in [0.15, 0.2) is 72.8 Å². The highest BCUT2D eigenvalue weighted by molar-refractivity contribution is 7.80. The van der Waals surface area contributed by atoms with Gasteiger partial charge in [-0.2, -0.15) is 0 Å². The van der Waals surface area contributed by atoms with E-state index in [1.54, 1.807) is 0 Å². The summed E-state index contributed by atoms with van der Waals surface area (Å²) in [4.78, 5) is 1.07. The molecule has 21 heavy (non-hydrogen) atoms. The first-order valence-corrected chi connectivity index (χ1v) is 7.80. The van der Waals surface area contributed by atoms with Gasteiger partial charge in [0.15, 0.2) is 0 Å². The van der Waals surface area contributed by atoms with Gasteiger partial charge in [0.2, 0.25) is 0 Å². The fourth-order valence-corrected chi connectivity index (χ4v) is 3.00. The monoisotopic (exact) mass is 290 g/mol. The maximum absolute atomic E-state index is 5.53. The van der Waals surface area contributed by atoms with E-state index < -0.39 is 0 Å². The molecule has 3 aromatic rings. The van der Waals surface area contributed by atoms with E-state index in [4.69, 9.17) is 12.2 Å². The van der Waals surface area contributed by atoms with Crippen LogP contribution in [0.2, 0.25) is 0 Å². The van der Waals surface area contributed by atoms with Crippen LogP contribution in [0.4, 0.5) is 0 Å². The molecule has 0 heterocycles. The highest BCUT2D eigenvalue weighted by Gasteiger charge is 2.03. The molecule has 0 nitrogen and oxygen atoms in total. The third-order valence-electron chi connectivity index (χ3n) is 3.83. The van der Waals surface area contributed by atoms with Crippen molar-refractivity contribution >= 4 is 27.9 Å². The van der Waals surface area contributed by atoms with Crippen molar-refractivity contribution in [1.29, 1.82) is 0 Å². The lowest BCUT2D eigenvalue weighted by Gasteiger charge is -2.07. The van der Waals surface area contributed by atoms with Crippen LogP contribution in [-0.2, 0) is 6.42 Å². The fraction of sp³-hybridized carbons (Fsp3) is 0.150. The smallest absolute Gasteiger partial charge is 0.0224 e. The van der Waals surface area contributed by atoms with Crippen molar-refractivity contribution in [3.63, 3.8) is 0 Å². The van der Waals surface area contributed by atoms with E-state index in [0.29, 0.717) is 0 Å². The standard InChI is InChI=1S/C20H18S/c21-20(18-9-2-1-3-10-18)15-7-13-17-12-6-11-16-8-4-5-14-19(16)17/h1-6,8-12,14H,7,13,15H2. The zero-order chi connectivity index (χ0) is 14.5. The maximum atomic E-state index is 5.53. The molecule has 0 aliphatic heterocycles. The molecule has 0 unspecified atom stereocenters. The second-order valence-electron chi connectivity index (χ2n) is 5.28. The third kappa shape index (κ3) is 3.37. The normalized spacial score (nSPS) is 10.7. The molecule has 0 amide bonds. The van der Waals surface area contributed by atoms with E-state index in [1.165, 1.54) is 21.9 Å². The largest absolute Gasteiger partial charge is 0.0843 e. The van der Waals surface area contributed by atoms with Crippen molar-refractivity contribution in [2.24, 2.45) is 0 Å². The first-order valence-electron chi connectivity index (χ1n) is 7.39. The van der Waals surface area contributed by atoms with Crippen molar-refractivity contribution in [2.45, 2.75) is 19.3 Å². The minimum atomic E-state index is 0.975. The summed E-state index contributed by atoms with van der Waals surface area (Å²) in [6.45, 7) is 0. The van der Waals surface area contributed by atoms with E-state index >= 15 is 0 Å². The van der Waals surface area contributed by atoms with Gasteiger partial charge in [0, 0.05) is 4.86 Å². The third-order valence-corrected chi connectivity index (χ3v) is 4.27. The molecular formula is C20H18S. The molecule has 0 N–H and O–H groups in total. The van der Waals surface area contributed by atoms with Crippen LogP contribution in [0, 0.1) is 0 Å². The van der Waals surface area contributed by atoms with Crippen LogP contribution in [0.3, 0.4) is 0 Å². The number of fused-ring (bicyclic) bond motifs is 1. The molecular weight excluding hydrogens is 272 g/mol. The van der Waals surface area contributed by atoms with Crippen LogP contribution in [0.25, 0.3) is 10.8 Å². The average molecular weight is 290 g/mol. The minimum absolute atomic E-state index is 0.975. The van der Waals surface area contributed by atoms with Gasteiger partial charge < -0.3 is 0 Å². The van der Waals surface area contributed by atoms with Crippen molar-refractivity contribution in [3.8, 4) is 0 Å². The van der Waals surface area contributed by atoms with Gasteiger partial charge in [-0.05, 0) is 41.2 Å². The zero-order valence-electron chi connectivity index (χ0n) is 12.0. The molecule has 0 fully saturated rings. The summed E-state index contributed by atoms with van der Waals surface area (Å²) < 4.78 is 0. The lowest BCUT2D eigenvalue weighted by molar-refractivity contribution is 0.878. The van der Waals surface area contributed by atoms with Gasteiger partial charge in [0.05, 0.1) is 0 Å².